The number of sulfonamides is 1. The maximum absolute atomic E-state index is 12.8. The van der Waals surface area contributed by atoms with Crippen LogP contribution in [-0.2, 0) is 10.0 Å². The molecule has 3 N–H and O–H groups in total. The molecule has 3 rings (SSSR count). The summed E-state index contributed by atoms with van der Waals surface area (Å²) in [6, 6.07) is 18.4. The van der Waals surface area contributed by atoms with E-state index in [0.29, 0.717) is 28.3 Å². The summed E-state index contributed by atoms with van der Waals surface area (Å²) < 4.78 is 31.9. The van der Waals surface area contributed by atoms with Crippen molar-refractivity contribution in [3.63, 3.8) is 0 Å². The van der Waals surface area contributed by atoms with Crippen molar-refractivity contribution in [2.45, 2.75) is 4.90 Å². The normalized spacial score (nSPS) is 10.9. The Bertz CT molecular complexity index is 1190. The molecule has 3 aromatic rings. The molecule has 0 fully saturated rings. The van der Waals surface area contributed by atoms with Gasteiger partial charge in [-0.2, -0.15) is 0 Å². The summed E-state index contributed by atoms with van der Waals surface area (Å²) in [5, 5.41) is 2.71. The topological polar surface area (TPSA) is 119 Å². The van der Waals surface area contributed by atoms with Gasteiger partial charge in [0, 0.05) is 23.9 Å². The molecule has 31 heavy (non-hydrogen) atoms. The Morgan fingerprint density at radius 1 is 0.871 bits per heavy atom. The van der Waals surface area contributed by atoms with Crippen molar-refractivity contribution in [3.05, 3.63) is 83.9 Å². The van der Waals surface area contributed by atoms with E-state index in [1.807, 2.05) is 0 Å². The lowest BCUT2D eigenvalue weighted by Crippen LogP contribution is -2.26. The summed E-state index contributed by atoms with van der Waals surface area (Å²) in [6.07, 6.45) is 0. The molecule has 0 saturated heterocycles. The first-order valence-corrected chi connectivity index (χ1v) is 10.6. The van der Waals surface area contributed by atoms with Gasteiger partial charge < -0.3 is 15.8 Å². The number of nitrogens with zero attached hydrogens (tertiary/aromatic N) is 1. The van der Waals surface area contributed by atoms with Crippen LogP contribution in [-0.4, -0.2) is 34.4 Å². The van der Waals surface area contributed by atoms with E-state index in [0.717, 1.165) is 4.31 Å². The number of nitrogens with one attached hydrogen (secondary N) is 1. The molecule has 0 aliphatic carbocycles. The number of carbonyl (C=O) groups is 2. The van der Waals surface area contributed by atoms with Crippen molar-refractivity contribution in [2.24, 2.45) is 5.73 Å². The van der Waals surface area contributed by atoms with Gasteiger partial charge in [0.05, 0.1) is 17.7 Å². The van der Waals surface area contributed by atoms with E-state index in [1.165, 1.54) is 50.6 Å². The molecule has 0 bridgehead atoms. The van der Waals surface area contributed by atoms with Gasteiger partial charge in [-0.25, -0.2) is 8.42 Å². The largest absolute Gasteiger partial charge is 0.497 e. The van der Waals surface area contributed by atoms with Crippen LogP contribution in [0.2, 0.25) is 0 Å². The fraction of sp³-hybridized carbons (Fsp3) is 0.0909. The fourth-order valence-electron chi connectivity index (χ4n) is 2.79. The lowest BCUT2D eigenvalue weighted by Gasteiger charge is -2.20. The Labute approximate surface area is 180 Å². The Morgan fingerprint density at radius 2 is 1.42 bits per heavy atom. The van der Waals surface area contributed by atoms with E-state index >= 15 is 0 Å². The van der Waals surface area contributed by atoms with E-state index in [9.17, 15) is 18.0 Å². The van der Waals surface area contributed by atoms with Crippen molar-refractivity contribution in [1.29, 1.82) is 0 Å². The first kappa shape index (κ1) is 21.8. The maximum Gasteiger partial charge on any atom is 0.264 e. The van der Waals surface area contributed by atoms with Gasteiger partial charge in [-0.05, 0) is 72.8 Å². The van der Waals surface area contributed by atoms with Crippen LogP contribution in [0.1, 0.15) is 20.7 Å². The lowest BCUT2D eigenvalue weighted by atomic mass is 10.1. The summed E-state index contributed by atoms with van der Waals surface area (Å²) in [7, 11) is -0.827. The number of anilines is 2. The van der Waals surface area contributed by atoms with Crippen molar-refractivity contribution in [1.82, 2.24) is 0 Å². The van der Waals surface area contributed by atoms with Crippen LogP contribution in [0.5, 0.6) is 5.75 Å². The lowest BCUT2D eigenvalue weighted by molar-refractivity contribution is 0.0998. The molecule has 160 valence electrons. The third-order valence-corrected chi connectivity index (χ3v) is 6.44. The van der Waals surface area contributed by atoms with Gasteiger partial charge in [-0.3, -0.25) is 13.9 Å². The van der Waals surface area contributed by atoms with Gasteiger partial charge in [-0.1, -0.05) is 0 Å². The van der Waals surface area contributed by atoms with Gasteiger partial charge in [-0.15, -0.1) is 0 Å². The van der Waals surface area contributed by atoms with Crippen LogP contribution in [0, 0.1) is 0 Å². The fourth-order valence-corrected chi connectivity index (χ4v) is 3.98. The predicted octanol–water partition coefficient (Wildman–Crippen LogP) is 2.87. The van der Waals surface area contributed by atoms with E-state index in [4.69, 9.17) is 10.5 Å². The second-order valence-corrected chi connectivity index (χ2v) is 8.56. The highest BCUT2D eigenvalue weighted by Gasteiger charge is 2.21. The molecule has 3 aromatic carbocycles. The standard InChI is InChI=1S/C22H21N3O5S/c1-25(31(28,29)20-13-11-19(30-2)12-14-20)18-9-5-16(6-10-18)22(27)24-17-7-3-15(4-8-17)21(23)26/h3-14H,1-2H3,(H2,23,26)(H,24,27). The number of hydrogen-bond donors (Lipinski definition) is 2. The molecule has 8 nitrogen and oxygen atoms in total. The van der Waals surface area contributed by atoms with Gasteiger partial charge in [0.15, 0.2) is 0 Å². The number of rotatable bonds is 7. The molecule has 0 aromatic heterocycles. The second kappa shape index (κ2) is 8.88. The van der Waals surface area contributed by atoms with Gasteiger partial charge in [0.2, 0.25) is 5.91 Å². The molecule has 0 heterocycles. The van der Waals surface area contributed by atoms with E-state index in [-0.39, 0.29) is 10.8 Å². The Morgan fingerprint density at radius 3 is 1.94 bits per heavy atom. The molecule has 0 radical (unpaired) electrons. The molecular formula is C22H21N3O5S. The minimum atomic E-state index is -3.77. The highest BCUT2D eigenvalue weighted by Crippen LogP contribution is 2.24. The SMILES string of the molecule is COc1ccc(S(=O)(=O)N(C)c2ccc(C(=O)Nc3ccc(C(N)=O)cc3)cc2)cc1. The summed E-state index contributed by atoms with van der Waals surface area (Å²) in [5.41, 5.74) is 6.78. The summed E-state index contributed by atoms with van der Waals surface area (Å²) in [6.45, 7) is 0. The minimum absolute atomic E-state index is 0.122. The number of ether oxygens (including phenoxy) is 1. The number of benzene rings is 3. The minimum Gasteiger partial charge on any atom is -0.497 e. The zero-order chi connectivity index (χ0) is 22.6. The van der Waals surface area contributed by atoms with Crippen LogP contribution in [0.15, 0.2) is 77.7 Å². The Hall–Kier alpha value is -3.85. The maximum atomic E-state index is 12.8. The van der Waals surface area contributed by atoms with Crippen LogP contribution in [0.4, 0.5) is 11.4 Å². The Kier molecular flexibility index (Phi) is 6.26. The van der Waals surface area contributed by atoms with Gasteiger partial charge >= 0.3 is 0 Å². The zero-order valence-corrected chi connectivity index (χ0v) is 17.7. The molecule has 0 unspecified atom stereocenters. The zero-order valence-electron chi connectivity index (χ0n) is 16.9. The monoisotopic (exact) mass is 439 g/mol. The van der Waals surface area contributed by atoms with Crippen molar-refractivity contribution < 1.29 is 22.7 Å². The first-order chi connectivity index (χ1) is 14.7. The first-order valence-electron chi connectivity index (χ1n) is 9.16. The number of carbonyl (C=O) groups excluding carboxylic acids is 2. The predicted molar refractivity (Wildman–Crippen MR) is 118 cm³/mol. The molecule has 0 atom stereocenters. The molecule has 0 spiro atoms. The van der Waals surface area contributed by atoms with Crippen LogP contribution in [0.3, 0.4) is 0 Å². The van der Waals surface area contributed by atoms with Gasteiger partial charge in [0.25, 0.3) is 15.9 Å². The van der Waals surface area contributed by atoms with Crippen LogP contribution >= 0.6 is 0 Å². The number of hydrogen-bond acceptors (Lipinski definition) is 5. The summed E-state index contributed by atoms with van der Waals surface area (Å²) >= 11 is 0. The molecule has 2 amide bonds. The van der Waals surface area contributed by atoms with E-state index < -0.39 is 15.9 Å². The number of primary amides is 1. The third-order valence-electron chi connectivity index (χ3n) is 4.64. The Balaban J connectivity index is 1.73. The van der Waals surface area contributed by atoms with Crippen LogP contribution < -0.4 is 20.1 Å². The van der Waals surface area contributed by atoms with E-state index in [1.54, 1.807) is 36.4 Å². The average Bonchev–Trinajstić information content (AvgIpc) is 2.79. The van der Waals surface area contributed by atoms with Crippen LogP contribution in [0.25, 0.3) is 0 Å². The van der Waals surface area contributed by atoms with Crippen molar-refractivity contribution >= 4 is 33.2 Å². The quantitative estimate of drug-likeness (QED) is 0.587. The number of nitrogens with two attached hydrogens (primary N) is 1. The molecular weight excluding hydrogens is 418 g/mol. The summed E-state index contributed by atoms with van der Waals surface area (Å²) in [4.78, 5) is 23.7. The molecule has 9 heteroatoms. The van der Waals surface area contributed by atoms with Gasteiger partial charge in [0.1, 0.15) is 5.75 Å². The third kappa shape index (κ3) is 4.84. The van der Waals surface area contributed by atoms with Crippen molar-refractivity contribution in [3.8, 4) is 5.75 Å². The summed E-state index contributed by atoms with van der Waals surface area (Å²) in [5.74, 6) is -0.373. The van der Waals surface area contributed by atoms with Crippen molar-refractivity contribution in [2.75, 3.05) is 23.8 Å². The molecule has 0 saturated carbocycles. The highest BCUT2D eigenvalue weighted by molar-refractivity contribution is 7.92. The molecule has 0 aliphatic heterocycles. The second-order valence-electron chi connectivity index (χ2n) is 6.59. The number of amides is 2. The molecule has 0 aliphatic rings. The number of methoxy groups -OCH3 is 1. The average molecular weight is 439 g/mol. The highest BCUT2D eigenvalue weighted by atomic mass is 32.2. The smallest absolute Gasteiger partial charge is 0.264 e. The van der Waals surface area contributed by atoms with E-state index in [2.05, 4.69) is 5.32 Å².